The maximum atomic E-state index is 12.9. The molecule has 0 bridgehead atoms. The zero-order valence-electron chi connectivity index (χ0n) is 11.6. The summed E-state index contributed by atoms with van der Waals surface area (Å²) in [7, 11) is 0. The van der Waals surface area contributed by atoms with Crippen molar-refractivity contribution in [2.24, 2.45) is 0 Å². The average Bonchev–Trinajstić information content (AvgIpc) is 2.52. The standard InChI is InChI=1S/C17H17FN2O/c18-14-8-6-12(7-9-14)10-15-17(21)19-11-16(20-15)13-4-2-1-3-5-13/h1-9,15-16,20H,10-11H2,(H,19,21). The topological polar surface area (TPSA) is 41.1 Å². The summed E-state index contributed by atoms with van der Waals surface area (Å²) in [5.41, 5.74) is 2.10. The predicted octanol–water partition coefficient (Wildman–Crippen LogP) is 2.20. The van der Waals surface area contributed by atoms with Crippen molar-refractivity contribution in [3.05, 3.63) is 71.5 Å². The second kappa shape index (κ2) is 6.06. The van der Waals surface area contributed by atoms with E-state index in [1.807, 2.05) is 30.3 Å². The van der Waals surface area contributed by atoms with Crippen LogP contribution < -0.4 is 10.6 Å². The lowest BCUT2D eigenvalue weighted by Gasteiger charge is -2.31. The van der Waals surface area contributed by atoms with Crippen LogP contribution in [0.3, 0.4) is 0 Å². The Bertz CT molecular complexity index is 612. The van der Waals surface area contributed by atoms with E-state index < -0.39 is 0 Å². The molecule has 3 rings (SSSR count). The maximum absolute atomic E-state index is 12.9. The van der Waals surface area contributed by atoms with Gasteiger partial charge in [-0.2, -0.15) is 0 Å². The van der Waals surface area contributed by atoms with Gasteiger partial charge < -0.3 is 5.32 Å². The first kappa shape index (κ1) is 13.8. The summed E-state index contributed by atoms with van der Waals surface area (Å²) in [4.78, 5) is 12.0. The SMILES string of the molecule is O=C1NCC(c2ccccc2)NC1Cc1ccc(F)cc1. The molecule has 0 radical (unpaired) electrons. The van der Waals surface area contributed by atoms with Gasteiger partial charge in [0.15, 0.2) is 0 Å². The molecule has 1 saturated heterocycles. The lowest BCUT2D eigenvalue weighted by Crippen LogP contribution is -2.55. The summed E-state index contributed by atoms with van der Waals surface area (Å²) in [5.74, 6) is -0.270. The highest BCUT2D eigenvalue weighted by Crippen LogP contribution is 2.17. The first-order valence-electron chi connectivity index (χ1n) is 7.05. The molecule has 2 atom stereocenters. The number of piperazine rings is 1. The van der Waals surface area contributed by atoms with E-state index in [-0.39, 0.29) is 23.8 Å². The molecular weight excluding hydrogens is 267 g/mol. The minimum atomic E-state index is -0.297. The molecule has 1 fully saturated rings. The molecule has 1 aliphatic rings. The van der Waals surface area contributed by atoms with Crippen molar-refractivity contribution in [1.29, 1.82) is 0 Å². The van der Waals surface area contributed by atoms with Gasteiger partial charge in [-0.1, -0.05) is 42.5 Å². The highest BCUT2D eigenvalue weighted by molar-refractivity contribution is 5.83. The predicted molar refractivity (Wildman–Crippen MR) is 79.2 cm³/mol. The summed E-state index contributed by atoms with van der Waals surface area (Å²) in [6.07, 6.45) is 0.551. The van der Waals surface area contributed by atoms with Crippen LogP contribution >= 0.6 is 0 Å². The van der Waals surface area contributed by atoms with Gasteiger partial charge in [-0.3, -0.25) is 10.1 Å². The van der Waals surface area contributed by atoms with Gasteiger partial charge in [-0.25, -0.2) is 4.39 Å². The Morgan fingerprint density at radius 3 is 2.48 bits per heavy atom. The second-order valence-corrected chi connectivity index (χ2v) is 5.26. The van der Waals surface area contributed by atoms with Crippen LogP contribution in [-0.2, 0) is 11.2 Å². The minimum absolute atomic E-state index is 0.00786. The van der Waals surface area contributed by atoms with Crippen molar-refractivity contribution in [3.8, 4) is 0 Å². The summed E-state index contributed by atoms with van der Waals surface area (Å²) in [5, 5.41) is 6.31. The van der Waals surface area contributed by atoms with Gasteiger partial charge in [-0.05, 0) is 29.7 Å². The quantitative estimate of drug-likeness (QED) is 0.907. The summed E-state index contributed by atoms with van der Waals surface area (Å²) in [6, 6.07) is 16.1. The van der Waals surface area contributed by atoms with Gasteiger partial charge >= 0.3 is 0 Å². The van der Waals surface area contributed by atoms with E-state index in [2.05, 4.69) is 10.6 Å². The lowest BCUT2D eigenvalue weighted by molar-refractivity contribution is -0.125. The van der Waals surface area contributed by atoms with Crippen molar-refractivity contribution in [2.75, 3.05) is 6.54 Å². The van der Waals surface area contributed by atoms with E-state index in [1.165, 1.54) is 12.1 Å². The molecule has 2 aromatic carbocycles. The Morgan fingerprint density at radius 1 is 1.05 bits per heavy atom. The molecule has 108 valence electrons. The Hall–Kier alpha value is -2.20. The van der Waals surface area contributed by atoms with E-state index in [4.69, 9.17) is 0 Å². The Morgan fingerprint density at radius 2 is 1.76 bits per heavy atom. The van der Waals surface area contributed by atoms with Gasteiger partial charge in [0.25, 0.3) is 0 Å². The van der Waals surface area contributed by atoms with Crippen molar-refractivity contribution < 1.29 is 9.18 Å². The highest BCUT2D eigenvalue weighted by Gasteiger charge is 2.28. The molecule has 0 aromatic heterocycles. The zero-order valence-corrected chi connectivity index (χ0v) is 11.6. The molecule has 2 unspecified atom stereocenters. The molecule has 3 nitrogen and oxygen atoms in total. The number of halogens is 1. The third-order valence-electron chi connectivity index (χ3n) is 3.75. The fourth-order valence-electron chi connectivity index (χ4n) is 2.61. The zero-order chi connectivity index (χ0) is 14.7. The van der Waals surface area contributed by atoms with Crippen LogP contribution in [0.2, 0.25) is 0 Å². The van der Waals surface area contributed by atoms with Gasteiger partial charge in [0.1, 0.15) is 5.82 Å². The Balaban J connectivity index is 1.72. The molecule has 1 heterocycles. The average molecular weight is 284 g/mol. The molecule has 1 aliphatic heterocycles. The highest BCUT2D eigenvalue weighted by atomic mass is 19.1. The van der Waals surface area contributed by atoms with Crippen LogP contribution in [0.25, 0.3) is 0 Å². The first-order chi connectivity index (χ1) is 10.2. The molecule has 0 aliphatic carbocycles. The number of hydrogen-bond acceptors (Lipinski definition) is 2. The first-order valence-corrected chi connectivity index (χ1v) is 7.05. The third-order valence-corrected chi connectivity index (χ3v) is 3.75. The van der Waals surface area contributed by atoms with Gasteiger partial charge in [0.2, 0.25) is 5.91 Å². The summed E-state index contributed by atoms with van der Waals surface area (Å²) < 4.78 is 12.9. The smallest absolute Gasteiger partial charge is 0.237 e. The largest absolute Gasteiger partial charge is 0.353 e. The van der Waals surface area contributed by atoms with Crippen molar-refractivity contribution >= 4 is 5.91 Å². The maximum Gasteiger partial charge on any atom is 0.237 e. The molecule has 4 heteroatoms. The van der Waals surface area contributed by atoms with Crippen LogP contribution in [0.4, 0.5) is 4.39 Å². The number of nitrogens with one attached hydrogen (secondary N) is 2. The number of amides is 1. The number of carbonyl (C=O) groups is 1. The van der Waals surface area contributed by atoms with E-state index >= 15 is 0 Å². The fourth-order valence-corrected chi connectivity index (χ4v) is 2.61. The van der Waals surface area contributed by atoms with Gasteiger partial charge in [0.05, 0.1) is 12.1 Å². The third kappa shape index (κ3) is 3.28. The van der Waals surface area contributed by atoms with Gasteiger partial charge in [0, 0.05) is 6.54 Å². The molecule has 0 saturated carbocycles. The van der Waals surface area contributed by atoms with Crippen LogP contribution in [0.15, 0.2) is 54.6 Å². The van der Waals surface area contributed by atoms with E-state index in [0.717, 1.165) is 11.1 Å². The number of hydrogen-bond donors (Lipinski definition) is 2. The number of rotatable bonds is 3. The number of carbonyl (C=O) groups excluding carboxylic acids is 1. The Kier molecular flexibility index (Phi) is 3.97. The molecule has 0 spiro atoms. The number of benzene rings is 2. The minimum Gasteiger partial charge on any atom is -0.353 e. The van der Waals surface area contributed by atoms with Crippen LogP contribution in [0.1, 0.15) is 17.2 Å². The summed E-state index contributed by atoms with van der Waals surface area (Å²) in [6.45, 7) is 0.586. The van der Waals surface area contributed by atoms with E-state index in [0.29, 0.717) is 13.0 Å². The monoisotopic (exact) mass is 284 g/mol. The van der Waals surface area contributed by atoms with Crippen LogP contribution in [0.5, 0.6) is 0 Å². The van der Waals surface area contributed by atoms with Gasteiger partial charge in [-0.15, -0.1) is 0 Å². The fraction of sp³-hybridized carbons (Fsp3) is 0.235. The molecular formula is C17H17FN2O. The van der Waals surface area contributed by atoms with Crippen molar-refractivity contribution in [1.82, 2.24) is 10.6 Å². The Labute approximate surface area is 123 Å². The van der Waals surface area contributed by atoms with Crippen LogP contribution in [-0.4, -0.2) is 18.5 Å². The normalized spacial score (nSPS) is 21.9. The van der Waals surface area contributed by atoms with E-state index in [9.17, 15) is 9.18 Å². The molecule has 2 aromatic rings. The molecule has 21 heavy (non-hydrogen) atoms. The molecule has 2 N–H and O–H groups in total. The van der Waals surface area contributed by atoms with Crippen molar-refractivity contribution in [3.63, 3.8) is 0 Å². The van der Waals surface area contributed by atoms with Crippen LogP contribution in [0, 0.1) is 5.82 Å². The second-order valence-electron chi connectivity index (χ2n) is 5.26. The molecule has 1 amide bonds. The van der Waals surface area contributed by atoms with Crippen molar-refractivity contribution in [2.45, 2.75) is 18.5 Å². The summed E-state index contributed by atoms with van der Waals surface area (Å²) >= 11 is 0. The van der Waals surface area contributed by atoms with E-state index in [1.54, 1.807) is 12.1 Å². The lowest BCUT2D eigenvalue weighted by atomic mass is 9.98.